The van der Waals surface area contributed by atoms with Gasteiger partial charge in [-0.15, -0.1) is 11.3 Å². The van der Waals surface area contributed by atoms with Crippen molar-refractivity contribution >= 4 is 29.1 Å². The Balaban J connectivity index is 1.73. The number of hydrogen-bond acceptors (Lipinski definition) is 5. The molecule has 1 N–H and O–H groups in total. The van der Waals surface area contributed by atoms with E-state index in [4.69, 9.17) is 0 Å². The van der Waals surface area contributed by atoms with E-state index in [1.54, 1.807) is 23.1 Å². The SMILES string of the molecule is O=C(O)C1CSCCN1Cc1csc(-c2ccccc2)n1. The molecule has 6 heteroatoms. The Morgan fingerprint density at radius 1 is 1.38 bits per heavy atom. The molecule has 110 valence electrons. The fourth-order valence-corrected chi connectivity index (χ4v) is 4.28. The Hall–Kier alpha value is -1.37. The van der Waals surface area contributed by atoms with Gasteiger partial charge in [-0.3, -0.25) is 9.69 Å². The third kappa shape index (κ3) is 3.45. The zero-order chi connectivity index (χ0) is 14.7. The van der Waals surface area contributed by atoms with Crippen LogP contribution in [0.5, 0.6) is 0 Å². The number of thiazole rings is 1. The molecule has 4 nitrogen and oxygen atoms in total. The molecule has 0 aliphatic carbocycles. The minimum absolute atomic E-state index is 0.398. The molecule has 3 rings (SSSR count). The summed E-state index contributed by atoms with van der Waals surface area (Å²) in [6.07, 6.45) is 0. The zero-order valence-corrected chi connectivity index (χ0v) is 13.1. The monoisotopic (exact) mass is 320 g/mol. The van der Waals surface area contributed by atoms with Crippen molar-refractivity contribution in [2.24, 2.45) is 0 Å². The standard InChI is InChI=1S/C15H16N2O2S2/c18-15(19)13-10-20-7-6-17(13)8-12-9-21-14(16-12)11-4-2-1-3-5-11/h1-5,9,13H,6-8,10H2,(H,18,19). The van der Waals surface area contributed by atoms with Crippen LogP contribution in [-0.4, -0.2) is 45.1 Å². The molecular weight excluding hydrogens is 304 g/mol. The molecule has 2 aromatic rings. The second kappa shape index (κ2) is 6.60. The number of carboxylic acids is 1. The van der Waals surface area contributed by atoms with Crippen molar-refractivity contribution in [1.82, 2.24) is 9.88 Å². The molecule has 1 aliphatic rings. The maximum Gasteiger partial charge on any atom is 0.321 e. The first kappa shape index (κ1) is 14.6. The van der Waals surface area contributed by atoms with Crippen LogP contribution in [0.2, 0.25) is 0 Å². The summed E-state index contributed by atoms with van der Waals surface area (Å²) in [6.45, 7) is 1.42. The number of hydrogen-bond donors (Lipinski definition) is 1. The maximum atomic E-state index is 11.3. The number of thioether (sulfide) groups is 1. The Morgan fingerprint density at radius 2 is 2.19 bits per heavy atom. The van der Waals surface area contributed by atoms with Gasteiger partial charge in [0, 0.05) is 35.5 Å². The quantitative estimate of drug-likeness (QED) is 0.939. The van der Waals surface area contributed by atoms with Crippen LogP contribution >= 0.6 is 23.1 Å². The van der Waals surface area contributed by atoms with Crippen LogP contribution in [0.25, 0.3) is 10.6 Å². The third-order valence-corrected chi connectivity index (χ3v) is 5.42. The summed E-state index contributed by atoms with van der Waals surface area (Å²) in [7, 11) is 0. The van der Waals surface area contributed by atoms with Crippen LogP contribution < -0.4 is 0 Å². The van der Waals surface area contributed by atoms with Crippen LogP contribution in [-0.2, 0) is 11.3 Å². The molecule has 21 heavy (non-hydrogen) atoms. The largest absolute Gasteiger partial charge is 0.480 e. The summed E-state index contributed by atoms with van der Waals surface area (Å²) >= 11 is 3.32. The van der Waals surface area contributed by atoms with E-state index in [9.17, 15) is 9.90 Å². The van der Waals surface area contributed by atoms with Crippen LogP contribution in [0.4, 0.5) is 0 Å². The molecule has 1 aliphatic heterocycles. The van der Waals surface area contributed by atoms with E-state index >= 15 is 0 Å². The van der Waals surface area contributed by atoms with E-state index < -0.39 is 12.0 Å². The van der Waals surface area contributed by atoms with Crippen LogP contribution in [0.1, 0.15) is 5.69 Å². The highest BCUT2D eigenvalue weighted by Crippen LogP contribution is 2.25. The molecule has 0 saturated carbocycles. The summed E-state index contributed by atoms with van der Waals surface area (Å²) < 4.78 is 0. The van der Waals surface area contributed by atoms with Gasteiger partial charge in [-0.2, -0.15) is 11.8 Å². The lowest BCUT2D eigenvalue weighted by Gasteiger charge is -2.31. The third-order valence-electron chi connectivity index (χ3n) is 3.46. The summed E-state index contributed by atoms with van der Waals surface area (Å²) in [5, 5.41) is 12.3. The van der Waals surface area contributed by atoms with Gasteiger partial charge in [0.2, 0.25) is 0 Å². The Morgan fingerprint density at radius 3 is 2.95 bits per heavy atom. The lowest BCUT2D eigenvalue weighted by atomic mass is 10.2. The second-order valence-corrected chi connectivity index (χ2v) is 6.92. The van der Waals surface area contributed by atoms with Gasteiger partial charge >= 0.3 is 5.97 Å². The van der Waals surface area contributed by atoms with Crippen molar-refractivity contribution in [3.8, 4) is 10.6 Å². The number of benzene rings is 1. The van der Waals surface area contributed by atoms with Crippen molar-refractivity contribution in [2.45, 2.75) is 12.6 Å². The number of carbonyl (C=O) groups is 1. The minimum atomic E-state index is -0.735. The Kier molecular flexibility index (Phi) is 4.57. The molecule has 1 fully saturated rings. The molecule has 1 aromatic carbocycles. The first-order valence-electron chi connectivity index (χ1n) is 6.78. The second-order valence-electron chi connectivity index (χ2n) is 4.91. The first-order chi connectivity index (χ1) is 10.2. The summed E-state index contributed by atoms with van der Waals surface area (Å²) in [5.74, 6) is 0.908. The fraction of sp³-hybridized carbons (Fsp3) is 0.333. The highest BCUT2D eigenvalue weighted by atomic mass is 32.2. The molecule has 1 unspecified atom stereocenters. The first-order valence-corrected chi connectivity index (χ1v) is 8.82. The van der Waals surface area contributed by atoms with Crippen molar-refractivity contribution < 1.29 is 9.90 Å². The van der Waals surface area contributed by atoms with Gasteiger partial charge in [0.1, 0.15) is 11.0 Å². The van der Waals surface area contributed by atoms with E-state index in [0.29, 0.717) is 12.3 Å². The Bertz CT molecular complexity index is 615. The fourth-order valence-electron chi connectivity index (χ4n) is 2.36. The number of rotatable bonds is 4. The highest BCUT2D eigenvalue weighted by Gasteiger charge is 2.29. The summed E-state index contributed by atoms with van der Waals surface area (Å²) in [5.41, 5.74) is 2.06. The minimum Gasteiger partial charge on any atom is -0.480 e. The van der Waals surface area contributed by atoms with E-state index in [-0.39, 0.29) is 0 Å². The van der Waals surface area contributed by atoms with Gasteiger partial charge in [-0.25, -0.2) is 4.98 Å². The molecule has 0 bridgehead atoms. The average molecular weight is 320 g/mol. The van der Waals surface area contributed by atoms with Crippen molar-refractivity contribution in [1.29, 1.82) is 0 Å². The van der Waals surface area contributed by atoms with E-state index in [1.807, 2.05) is 40.6 Å². The molecule has 1 aromatic heterocycles. The molecular formula is C15H16N2O2S2. The van der Waals surface area contributed by atoms with Gasteiger partial charge in [0.05, 0.1) is 5.69 Å². The van der Waals surface area contributed by atoms with Crippen LogP contribution in [0, 0.1) is 0 Å². The van der Waals surface area contributed by atoms with Crippen LogP contribution in [0.3, 0.4) is 0 Å². The van der Waals surface area contributed by atoms with Gasteiger partial charge in [-0.05, 0) is 0 Å². The average Bonchev–Trinajstić information content (AvgIpc) is 2.97. The lowest BCUT2D eigenvalue weighted by molar-refractivity contribution is -0.142. The van der Waals surface area contributed by atoms with Gasteiger partial charge in [0.15, 0.2) is 0 Å². The molecule has 1 atom stereocenters. The maximum absolute atomic E-state index is 11.3. The predicted molar refractivity (Wildman–Crippen MR) is 86.7 cm³/mol. The van der Waals surface area contributed by atoms with Crippen molar-refractivity contribution in [2.75, 3.05) is 18.1 Å². The van der Waals surface area contributed by atoms with Crippen LogP contribution in [0.15, 0.2) is 35.7 Å². The van der Waals surface area contributed by atoms with Gasteiger partial charge in [0.25, 0.3) is 0 Å². The smallest absolute Gasteiger partial charge is 0.321 e. The number of aliphatic carboxylic acids is 1. The zero-order valence-electron chi connectivity index (χ0n) is 11.4. The topological polar surface area (TPSA) is 53.4 Å². The van der Waals surface area contributed by atoms with E-state index in [2.05, 4.69) is 4.98 Å². The van der Waals surface area contributed by atoms with Crippen molar-refractivity contribution in [3.63, 3.8) is 0 Å². The van der Waals surface area contributed by atoms with E-state index in [1.165, 1.54) is 0 Å². The number of aromatic nitrogens is 1. The summed E-state index contributed by atoms with van der Waals surface area (Å²) in [4.78, 5) is 18.0. The number of carboxylic acid groups (broad SMARTS) is 1. The highest BCUT2D eigenvalue weighted by molar-refractivity contribution is 7.99. The molecule has 1 saturated heterocycles. The van der Waals surface area contributed by atoms with Gasteiger partial charge < -0.3 is 5.11 Å². The normalized spacial score (nSPS) is 19.5. The van der Waals surface area contributed by atoms with E-state index in [0.717, 1.165) is 28.6 Å². The predicted octanol–water partition coefficient (Wildman–Crippen LogP) is 2.81. The molecule has 0 spiro atoms. The number of nitrogens with zero attached hydrogens (tertiary/aromatic N) is 2. The molecule has 0 amide bonds. The van der Waals surface area contributed by atoms with Gasteiger partial charge in [-0.1, -0.05) is 30.3 Å². The molecule has 2 heterocycles. The van der Waals surface area contributed by atoms with Crippen molar-refractivity contribution in [3.05, 3.63) is 41.4 Å². The lowest BCUT2D eigenvalue weighted by Crippen LogP contribution is -2.46. The summed E-state index contributed by atoms with van der Waals surface area (Å²) in [6, 6.07) is 9.67. The Labute approximate surface area is 131 Å². The molecule has 0 radical (unpaired) electrons.